The van der Waals surface area contributed by atoms with Crippen molar-refractivity contribution in [3.63, 3.8) is 0 Å². The monoisotopic (exact) mass is 379 g/mol. The van der Waals surface area contributed by atoms with Crippen molar-refractivity contribution in [1.29, 1.82) is 0 Å². The smallest absolute Gasteiger partial charge is 0.236 e. The molecule has 1 fully saturated rings. The maximum Gasteiger partial charge on any atom is 0.236 e. The molecule has 0 saturated heterocycles. The van der Waals surface area contributed by atoms with Crippen LogP contribution in [0.4, 0.5) is 14.6 Å². The Labute approximate surface area is 161 Å². The maximum atomic E-state index is 13.9. The lowest BCUT2D eigenvalue weighted by Crippen LogP contribution is -2.38. The number of aromatic nitrogens is 2. The van der Waals surface area contributed by atoms with E-state index < -0.39 is 5.41 Å². The number of benzene rings is 2. The van der Waals surface area contributed by atoms with Crippen LogP contribution in [0.3, 0.4) is 0 Å². The second kappa shape index (κ2) is 7.46. The maximum absolute atomic E-state index is 13.9. The van der Waals surface area contributed by atoms with Crippen LogP contribution in [-0.4, -0.2) is 16.1 Å². The molecule has 142 valence electrons. The van der Waals surface area contributed by atoms with Crippen LogP contribution in [0.1, 0.15) is 31.2 Å². The summed E-state index contributed by atoms with van der Waals surface area (Å²) in [7, 11) is 0. The largest absolute Gasteiger partial charge is 0.308 e. The van der Waals surface area contributed by atoms with E-state index >= 15 is 0 Å². The zero-order chi connectivity index (χ0) is 19.6. The van der Waals surface area contributed by atoms with Gasteiger partial charge in [-0.3, -0.25) is 4.79 Å². The van der Waals surface area contributed by atoms with Crippen molar-refractivity contribution in [2.45, 2.75) is 31.1 Å². The number of rotatable bonds is 4. The van der Waals surface area contributed by atoms with Crippen molar-refractivity contribution in [1.82, 2.24) is 10.2 Å². The molecule has 0 aliphatic heterocycles. The molecule has 0 bridgehead atoms. The first-order valence-electron chi connectivity index (χ1n) is 9.25. The third-order valence-electron chi connectivity index (χ3n) is 5.32. The molecule has 4 rings (SSSR count). The first-order chi connectivity index (χ1) is 13.6. The van der Waals surface area contributed by atoms with Crippen molar-refractivity contribution in [2.24, 2.45) is 0 Å². The van der Waals surface area contributed by atoms with Gasteiger partial charge in [-0.1, -0.05) is 37.1 Å². The molecule has 0 atom stereocenters. The Morgan fingerprint density at radius 2 is 1.71 bits per heavy atom. The van der Waals surface area contributed by atoms with Gasteiger partial charge in [0.25, 0.3) is 0 Å². The second-order valence-electron chi connectivity index (χ2n) is 7.04. The molecule has 1 aromatic heterocycles. The predicted molar refractivity (Wildman–Crippen MR) is 103 cm³/mol. The Bertz CT molecular complexity index is 999. The molecule has 1 aliphatic carbocycles. The second-order valence-corrected chi connectivity index (χ2v) is 7.04. The SMILES string of the molecule is O=C(Nc1ccc(-c2ccccc2F)nn1)C1(c2cccc(F)c2)CCCC1. The summed E-state index contributed by atoms with van der Waals surface area (Å²) in [6, 6.07) is 15.7. The van der Waals surface area contributed by atoms with Crippen molar-refractivity contribution in [3.8, 4) is 11.3 Å². The van der Waals surface area contributed by atoms with Gasteiger partial charge in [-0.25, -0.2) is 8.78 Å². The molecule has 0 radical (unpaired) electrons. The predicted octanol–water partition coefficient (Wildman–Crippen LogP) is 4.87. The van der Waals surface area contributed by atoms with Crippen LogP contribution in [0.2, 0.25) is 0 Å². The van der Waals surface area contributed by atoms with E-state index in [9.17, 15) is 13.6 Å². The Balaban J connectivity index is 1.58. The highest BCUT2D eigenvalue weighted by atomic mass is 19.1. The molecule has 0 unspecified atom stereocenters. The number of carbonyl (C=O) groups is 1. The van der Waals surface area contributed by atoms with Gasteiger partial charge in [0.05, 0.1) is 11.1 Å². The fourth-order valence-electron chi connectivity index (χ4n) is 3.86. The number of hydrogen-bond donors (Lipinski definition) is 1. The molecular formula is C22H19F2N3O. The summed E-state index contributed by atoms with van der Waals surface area (Å²) < 4.78 is 27.6. The van der Waals surface area contributed by atoms with Gasteiger partial charge in [0.2, 0.25) is 5.91 Å². The highest BCUT2D eigenvalue weighted by molar-refractivity contribution is 5.98. The fraction of sp³-hybridized carbons (Fsp3) is 0.227. The van der Waals surface area contributed by atoms with Crippen LogP contribution < -0.4 is 5.32 Å². The Kier molecular flexibility index (Phi) is 4.86. The molecular weight excluding hydrogens is 360 g/mol. The van der Waals surface area contributed by atoms with Crippen LogP contribution in [0.25, 0.3) is 11.3 Å². The van der Waals surface area contributed by atoms with Gasteiger partial charge in [-0.05, 0) is 54.8 Å². The lowest BCUT2D eigenvalue weighted by atomic mass is 9.78. The van der Waals surface area contributed by atoms with Gasteiger partial charge in [-0.15, -0.1) is 10.2 Å². The van der Waals surface area contributed by atoms with Crippen LogP contribution in [0.5, 0.6) is 0 Å². The number of halogens is 2. The molecule has 1 heterocycles. The summed E-state index contributed by atoms with van der Waals surface area (Å²) in [5.74, 6) is -0.675. The lowest BCUT2D eigenvalue weighted by molar-refractivity contribution is -0.121. The van der Waals surface area contributed by atoms with Gasteiger partial charge in [0, 0.05) is 5.56 Å². The van der Waals surface area contributed by atoms with Gasteiger partial charge < -0.3 is 5.32 Å². The zero-order valence-corrected chi connectivity index (χ0v) is 15.2. The first kappa shape index (κ1) is 18.2. The van der Waals surface area contributed by atoms with Gasteiger partial charge in [0.1, 0.15) is 11.6 Å². The van der Waals surface area contributed by atoms with E-state index in [4.69, 9.17) is 0 Å². The fourth-order valence-corrected chi connectivity index (χ4v) is 3.86. The van der Waals surface area contributed by atoms with E-state index in [1.54, 1.807) is 42.5 Å². The number of nitrogens with zero attached hydrogens (tertiary/aromatic N) is 2. The molecule has 0 spiro atoms. The summed E-state index contributed by atoms with van der Waals surface area (Å²) in [6.07, 6.45) is 3.12. The number of anilines is 1. The van der Waals surface area contributed by atoms with Crippen molar-refractivity contribution < 1.29 is 13.6 Å². The van der Waals surface area contributed by atoms with E-state index in [-0.39, 0.29) is 23.4 Å². The van der Waals surface area contributed by atoms with Crippen molar-refractivity contribution in [2.75, 3.05) is 5.32 Å². The molecule has 1 aliphatic rings. The standard InChI is InChI=1S/C22H19F2N3O/c23-16-7-5-6-15(14-16)22(12-3-4-13-22)21(28)25-20-11-10-19(26-27-20)17-8-1-2-9-18(17)24/h1-2,5-11,14H,3-4,12-13H2,(H,25,27,28). The third-order valence-corrected chi connectivity index (χ3v) is 5.32. The van der Waals surface area contributed by atoms with E-state index in [1.807, 2.05) is 0 Å². The van der Waals surface area contributed by atoms with Gasteiger partial charge in [-0.2, -0.15) is 0 Å². The highest BCUT2D eigenvalue weighted by Crippen LogP contribution is 2.42. The Hall–Kier alpha value is -3.15. The molecule has 1 amide bonds. The Morgan fingerprint density at radius 3 is 2.39 bits per heavy atom. The number of nitrogens with one attached hydrogen (secondary N) is 1. The average Bonchev–Trinajstić information content (AvgIpc) is 3.20. The summed E-state index contributed by atoms with van der Waals surface area (Å²) in [4.78, 5) is 13.1. The zero-order valence-electron chi connectivity index (χ0n) is 15.2. The minimum Gasteiger partial charge on any atom is -0.308 e. The molecule has 28 heavy (non-hydrogen) atoms. The summed E-state index contributed by atoms with van der Waals surface area (Å²) in [5.41, 5.74) is 0.642. The summed E-state index contributed by atoms with van der Waals surface area (Å²) in [5, 5.41) is 10.9. The van der Waals surface area contributed by atoms with Crippen LogP contribution in [0.15, 0.2) is 60.7 Å². The minimum absolute atomic E-state index is 0.219. The normalized spacial score (nSPS) is 15.4. The third kappa shape index (κ3) is 3.38. The quantitative estimate of drug-likeness (QED) is 0.703. The average molecular weight is 379 g/mol. The molecule has 6 heteroatoms. The van der Waals surface area contributed by atoms with E-state index in [0.717, 1.165) is 12.8 Å². The summed E-state index contributed by atoms with van der Waals surface area (Å²) >= 11 is 0. The first-order valence-corrected chi connectivity index (χ1v) is 9.25. The molecule has 1 N–H and O–H groups in total. The minimum atomic E-state index is -0.770. The van der Waals surface area contributed by atoms with Crippen LogP contribution in [0, 0.1) is 11.6 Å². The van der Waals surface area contributed by atoms with E-state index in [1.165, 1.54) is 18.2 Å². The number of hydrogen-bond acceptors (Lipinski definition) is 3. The van der Waals surface area contributed by atoms with Crippen LogP contribution in [-0.2, 0) is 10.2 Å². The van der Waals surface area contributed by atoms with Gasteiger partial charge >= 0.3 is 0 Å². The van der Waals surface area contributed by atoms with E-state index in [0.29, 0.717) is 29.7 Å². The van der Waals surface area contributed by atoms with Crippen LogP contribution >= 0.6 is 0 Å². The molecule has 4 nitrogen and oxygen atoms in total. The summed E-state index contributed by atoms with van der Waals surface area (Å²) in [6.45, 7) is 0. The number of carbonyl (C=O) groups excluding carboxylic acids is 1. The topological polar surface area (TPSA) is 54.9 Å². The molecule has 3 aromatic rings. The van der Waals surface area contributed by atoms with Crippen molar-refractivity contribution >= 4 is 11.7 Å². The molecule has 1 saturated carbocycles. The Morgan fingerprint density at radius 1 is 0.929 bits per heavy atom. The van der Waals surface area contributed by atoms with E-state index in [2.05, 4.69) is 15.5 Å². The van der Waals surface area contributed by atoms with Gasteiger partial charge in [0.15, 0.2) is 5.82 Å². The van der Waals surface area contributed by atoms with Crippen molar-refractivity contribution in [3.05, 3.63) is 77.9 Å². The highest BCUT2D eigenvalue weighted by Gasteiger charge is 2.43. The number of amides is 1. The lowest BCUT2D eigenvalue weighted by Gasteiger charge is -2.28. The molecule has 2 aromatic carbocycles.